The van der Waals surface area contributed by atoms with Gasteiger partial charge in [0.05, 0.1) is 4.90 Å². The van der Waals surface area contributed by atoms with Crippen molar-refractivity contribution in [1.82, 2.24) is 4.98 Å². The molecule has 0 bridgehead atoms. The van der Waals surface area contributed by atoms with Gasteiger partial charge in [0.15, 0.2) is 0 Å². The minimum Gasteiger partial charge on any atom is -0.448 e. The van der Waals surface area contributed by atoms with Gasteiger partial charge >= 0.3 is 11.6 Å². The maximum absolute atomic E-state index is 12.4. The molecule has 0 radical (unpaired) electrons. The largest absolute Gasteiger partial charge is 0.448 e. The molecule has 0 aliphatic heterocycles. The highest BCUT2D eigenvalue weighted by molar-refractivity contribution is 7.91. The number of pyridine rings is 1. The molecule has 1 aromatic heterocycles. The highest BCUT2D eigenvalue weighted by Gasteiger charge is 2.26. The molecule has 2 aromatic rings. The third kappa shape index (κ3) is 3.17. The van der Waals surface area contributed by atoms with Crippen LogP contribution in [0.3, 0.4) is 0 Å². The van der Waals surface area contributed by atoms with Crippen LogP contribution in [0, 0.1) is 10.1 Å². The van der Waals surface area contributed by atoms with Gasteiger partial charge in [0.2, 0.25) is 15.6 Å². The molecule has 1 aromatic carbocycles. The molecule has 0 saturated heterocycles. The average Bonchev–Trinajstić information content (AvgIpc) is 2.48. The number of nitro groups is 1. The van der Waals surface area contributed by atoms with E-state index in [9.17, 15) is 27.3 Å². The number of alkyl halides is 2. The second kappa shape index (κ2) is 6.02. The van der Waals surface area contributed by atoms with Gasteiger partial charge in [-0.15, -0.1) is 0 Å². The van der Waals surface area contributed by atoms with E-state index < -0.39 is 31.2 Å². The monoisotopic (exact) mass is 330 g/mol. The number of hydrogen-bond acceptors (Lipinski definition) is 6. The summed E-state index contributed by atoms with van der Waals surface area (Å²) >= 11 is 0. The number of sulfone groups is 1. The van der Waals surface area contributed by atoms with Crippen molar-refractivity contribution >= 4 is 15.7 Å². The topological polar surface area (TPSA) is 99.4 Å². The van der Waals surface area contributed by atoms with Crippen LogP contribution in [0.15, 0.2) is 47.5 Å². The van der Waals surface area contributed by atoms with Crippen LogP contribution in [0.1, 0.15) is 0 Å². The summed E-state index contributed by atoms with van der Waals surface area (Å²) in [6.45, 7) is 0. The van der Waals surface area contributed by atoms with Crippen molar-refractivity contribution in [3.63, 3.8) is 0 Å². The Morgan fingerprint density at radius 2 is 1.82 bits per heavy atom. The lowest BCUT2D eigenvalue weighted by Gasteiger charge is -2.07. The molecule has 0 unspecified atom stereocenters. The van der Waals surface area contributed by atoms with Gasteiger partial charge in [-0.25, -0.2) is 8.42 Å². The normalized spacial score (nSPS) is 11.4. The van der Waals surface area contributed by atoms with E-state index in [2.05, 4.69) is 4.98 Å². The van der Waals surface area contributed by atoms with Crippen LogP contribution in [-0.4, -0.2) is 24.1 Å². The minimum atomic E-state index is -4.70. The molecule has 0 N–H and O–H groups in total. The zero-order chi connectivity index (χ0) is 16.3. The Labute approximate surface area is 123 Å². The van der Waals surface area contributed by atoms with Gasteiger partial charge in [0.1, 0.15) is 11.9 Å². The third-order valence-electron chi connectivity index (χ3n) is 2.54. The Morgan fingerprint density at radius 1 is 1.18 bits per heavy atom. The van der Waals surface area contributed by atoms with Gasteiger partial charge in [0.25, 0.3) is 0 Å². The highest BCUT2D eigenvalue weighted by Crippen LogP contribution is 2.29. The molecule has 7 nitrogen and oxygen atoms in total. The molecule has 10 heteroatoms. The van der Waals surface area contributed by atoms with Crippen molar-refractivity contribution in [2.24, 2.45) is 0 Å². The Morgan fingerprint density at radius 3 is 2.36 bits per heavy atom. The van der Waals surface area contributed by atoms with Crippen LogP contribution in [0.4, 0.5) is 14.6 Å². The molecule has 22 heavy (non-hydrogen) atoms. The Hall–Kier alpha value is -2.62. The zero-order valence-corrected chi connectivity index (χ0v) is 11.5. The minimum absolute atomic E-state index is 0.0457. The lowest BCUT2D eigenvalue weighted by molar-refractivity contribution is -0.390. The quantitative estimate of drug-likeness (QED) is 0.617. The van der Waals surface area contributed by atoms with Crippen LogP contribution in [0.25, 0.3) is 0 Å². The number of rotatable bonds is 5. The van der Waals surface area contributed by atoms with E-state index in [0.717, 1.165) is 24.3 Å². The summed E-state index contributed by atoms with van der Waals surface area (Å²) in [7, 11) is -4.70. The number of hydrogen-bond donors (Lipinski definition) is 0. The standard InChI is InChI=1S/C12H8F2N2O5S/c13-12(14)22(19,20)9-5-3-8(4-6-9)21-10-2-1-7-15-11(10)16(17)18/h1-7,12H. The van der Waals surface area contributed by atoms with E-state index in [1.165, 1.54) is 18.3 Å². The first kappa shape index (κ1) is 15.8. The first-order chi connectivity index (χ1) is 10.3. The van der Waals surface area contributed by atoms with Crippen molar-refractivity contribution in [2.45, 2.75) is 10.7 Å². The Kier molecular flexibility index (Phi) is 4.31. The van der Waals surface area contributed by atoms with Gasteiger partial charge in [-0.1, -0.05) is 0 Å². The summed E-state index contributed by atoms with van der Waals surface area (Å²) < 4.78 is 52.5. The molecule has 0 aliphatic rings. The number of benzene rings is 1. The lowest BCUT2D eigenvalue weighted by atomic mass is 10.3. The van der Waals surface area contributed by atoms with Crippen LogP contribution in [0.2, 0.25) is 0 Å². The summed E-state index contributed by atoms with van der Waals surface area (Å²) in [5, 5.41) is 10.8. The maximum Gasteiger partial charge on any atom is 0.406 e. The fourth-order valence-corrected chi connectivity index (χ4v) is 2.25. The van der Waals surface area contributed by atoms with Gasteiger partial charge in [0, 0.05) is 0 Å². The fraction of sp³-hybridized carbons (Fsp3) is 0.0833. The SMILES string of the molecule is O=[N+]([O-])c1ncccc1Oc1ccc(S(=O)(=O)C(F)F)cc1. The van der Waals surface area contributed by atoms with Crippen molar-refractivity contribution < 1.29 is 26.9 Å². The Bertz CT molecular complexity index is 793. The fourth-order valence-electron chi connectivity index (χ4n) is 1.53. The Balaban J connectivity index is 2.28. The van der Waals surface area contributed by atoms with Crippen LogP contribution >= 0.6 is 0 Å². The number of ether oxygens (including phenoxy) is 1. The second-order valence-corrected chi connectivity index (χ2v) is 5.88. The molecule has 0 atom stereocenters. The second-order valence-electron chi connectivity index (χ2n) is 3.96. The van der Waals surface area contributed by atoms with Crippen molar-refractivity contribution in [3.8, 4) is 11.5 Å². The first-order valence-corrected chi connectivity index (χ1v) is 7.26. The van der Waals surface area contributed by atoms with E-state index in [4.69, 9.17) is 4.74 Å². The maximum atomic E-state index is 12.4. The number of aromatic nitrogens is 1. The lowest BCUT2D eigenvalue weighted by Crippen LogP contribution is -2.11. The summed E-state index contributed by atoms with van der Waals surface area (Å²) in [5.74, 6) is -4.16. The summed E-state index contributed by atoms with van der Waals surface area (Å²) in [5.41, 5.74) is 0. The van der Waals surface area contributed by atoms with E-state index in [0.29, 0.717) is 0 Å². The van der Waals surface area contributed by atoms with Gasteiger partial charge < -0.3 is 14.9 Å². The summed E-state index contributed by atoms with van der Waals surface area (Å²) in [6, 6.07) is 6.81. The molecule has 1 heterocycles. The molecule has 2 rings (SSSR count). The number of nitrogens with zero attached hydrogens (tertiary/aromatic N) is 2. The van der Waals surface area contributed by atoms with Crippen LogP contribution in [0.5, 0.6) is 11.5 Å². The van der Waals surface area contributed by atoms with Crippen molar-refractivity contribution in [2.75, 3.05) is 0 Å². The predicted molar refractivity (Wildman–Crippen MR) is 70.6 cm³/mol. The molecular formula is C12H8F2N2O5S. The molecule has 0 spiro atoms. The summed E-state index contributed by atoms with van der Waals surface area (Å²) in [6.07, 6.45) is 1.21. The molecule has 0 amide bonds. The van der Waals surface area contributed by atoms with Gasteiger partial charge in [-0.2, -0.15) is 8.78 Å². The van der Waals surface area contributed by atoms with Crippen molar-refractivity contribution in [3.05, 3.63) is 52.7 Å². The predicted octanol–water partition coefficient (Wildman–Crippen LogP) is 2.78. The molecular weight excluding hydrogens is 322 g/mol. The van der Waals surface area contributed by atoms with Crippen molar-refractivity contribution in [1.29, 1.82) is 0 Å². The van der Waals surface area contributed by atoms with E-state index in [-0.39, 0.29) is 11.5 Å². The van der Waals surface area contributed by atoms with E-state index >= 15 is 0 Å². The summed E-state index contributed by atoms with van der Waals surface area (Å²) in [4.78, 5) is 13.0. The van der Waals surface area contributed by atoms with Crippen LogP contribution < -0.4 is 4.74 Å². The third-order valence-corrected chi connectivity index (χ3v) is 3.94. The molecule has 0 aliphatic carbocycles. The van der Waals surface area contributed by atoms with Crippen LogP contribution in [-0.2, 0) is 9.84 Å². The van der Waals surface area contributed by atoms with Gasteiger partial charge in [-0.3, -0.25) is 0 Å². The zero-order valence-electron chi connectivity index (χ0n) is 10.7. The number of halogens is 2. The smallest absolute Gasteiger partial charge is 0.406 e. The molecule has 0 saturated carbocycles. The molecule has 0 fully saturated rings. The highest BCUT2D eigenvalue weighted by atomic mass is 32.2. The van der Waals surface area contributed by atoms with E-state index in [1.54, 1.807) is 0 Å². The van der Waals surface area contributed by atoms with E-state index in [1.807, 2.05) is 0 Å². The first-order valence-electron chi connectivity index (χ1n) is 5.72. The molecule has 116 valence electrons. The van der Waals surface area contributed by atoms with Gasteiger partial charge in [-0.05, 0) is 46.3 Å². The average molecular weight is 330 g/mol.